The maximum Gasteiger partial charge on any atom is 0.573 e. The molecule has 0 aromatic heterocycles. The molecule has 0 aliphatic carbocycles. The number of alkyl halides is 3. The Balaban J connectivity index is 0.00000272. The number of nitrogens with zero attached hydrogens (tertiary/aromatic N) is 2. The molecule has 166 valence electrons. The number of carbonyl (C=O) groups is 2. The first-order valence-corrected chi connectivity index (χ1v) is 9.68. The number of hydrogen-bond acceptors (Lipinski definition) is 5. The van der Waals surface area contributed by atoms with E-state index in [-0.39, 0.29) is 50.6 Å². The summed E-state index contributed by atoms with van der Waals surface area (Å²) in [7, 11) is 0. The molecule has 30 heavy (non-hydrogen) atoms. The normalized spacial score (nSPS) is 24.7. The van der Waals surface area contributed by atoms with Gasteiger partial charge in [0, 0.05) is 14.5 Å². The van der Waals surface area contributed by atoms with E-state index in [0.29, 0.717) is 38.2 Å². The Bertz CT molecular complexity index is 789. The minimum absolute atomic E-state index is 0. The van der Waals surface area contributed by atoms with E-state index in [1.165, 1.54) is 24.3 Å². The Kier molecular flexibility index (Phi) is 5.74. The first-order chi connectivity index (χ1) is 14.3. The summed E-state index contributed by atoms with van der Waals surface area (Å²) in [6, 6.07) is 5.21. The molecule has 0 saturated carbocycles. The largest absolute Gasteiger partial charge is 0.573 e. The molecule has 1 aromatic rings. The van der Waals surface area contributed by atoms with E-state index in [4.69, 9.17) is 9.47 Å². The van der Waals surface area contributed by atoms with Crippen molar-refractivity contribution < 1.29 is 38.4 Å². The lowest BCUT2D eigenvalue weighted by Gasteiger charge is -2.45. The smallest absolute Gasteiger partial charge is 0.406 e. The van der Waals surface area contributed by atoms with E-state index >= 15 is 0 Å². The van der Waals surface area contributed by atoms with E-state index < -0.39 is 6.36 Å². The Labute approximate surface area is 172 Å². The van der Waals surface area contributed by atoms with Crippen LogP contribution in [-0.4, -0.2) is 79.1 Å². The number of urea groups is 1. The van der Waals surface area contributed by atoms with E-state index in [1.54, 1.807) is 9.80 Å². The minimum atomic E-state index is -4.72. The molecule has 1 N–H and O–H groups in total. The number of fused-ring (bicyclic) bond motifs is 1. The molecule has 3 saturated heterocycles. The average Bonchev–Trinajstić information content (AvgIpc) is 2.66. The van der Waals surface area contributed by atoms with Gasteiger partial charge in [0.2, 0.25) is 5.91 Å². The van der Waals surface area contributed by atoms with Crippen LogP contribution < -0.4 is 10.1 Å². The van der Waals surface area contributed by atoms with E-state index in [1.807, 2.05) is 0 Å². The maximum atomic E-state index is 12.6. The molecule has 8 nitrogen and oxygen atoms in total. The second kappa shape index (κ2) is 8.31. The highest BCUT2D eigenvalue weighted by molar-refractivity contribution is 5.79. The van der Waals surface area contributed by atoms with Gasteiger partial charge in [-0.05, 0) is 24.1 Å². The first kappa shape index (κ1) is 20.7. The monoisotopic (exact) mass is 431 g/mol. The van der Waals surface area contributed by atoms with Gasteiger partial charge in [-0.3, -0.25) is 4.79 Å². The van der Waals surface area contributed by atoms with E-state index in [9.17, 15) is 22.8 Å². The Morgan fingerprint density at radius 3 is 2.63 bits per heavy atom. The summed E-state index contributed by atoms with van der Waals surface area (Å²) < 4.78 is 51.6. The van der Waals surface area contributed by atoms with Gasteiger partial charge >= 0.3 is 12.4 Å². The summed E-state index contributed by atoms with van der Waals surface area (Å²) in [6.45, 7) is 2.19. The number of ether oxygens (including phenoxy) is 3. The Morgan fingerprint density at radius 1 is 1.20 bits per heavy atom. The van der Waals surface area contributed by atoms with Gasteiger partial charge in [-0.2, -0.15) is 0 Å². The number of halogens is 3. The predicted octanol–water partition coefficient (Wildman–Crippen LogP) is 1.74. The lowest BCUT2D eigenvalue weighted by molar-refractivity contribution is -0.274. The summed E-state index contributed by atoms with van der Waals surface area (Å²) >= 11 is 0. The fourth-order valence-electron chi connectivity index (χ4n) is 3.77. The fourth-order valence-corrected chi connectivity index (χ4v) is 3.77. The zero-order valence-electron chi connectivity index (χ0n) is 16.1. The molecule has 1 aromatic carbocycles. The second-order valence-corrected chi connectivity index (χ2v) is 7.57. The summed E-state index contributed by atoms with van der Waals surface area (Å²) in [6.07, 6.45) is -4.22. The van der Waals surface area contributed by atoms with Gasteiger partial charge < -0.3 is 29.3 Å². The van der Waals surface area contributed by atoms with Crippen LogP contribution in [0.3, 0.4) is 0 Å². The molecule has 3 heterocycles. The predicted molar refractivity (Wildman–Crippen MR) is 98.6 cm³/mol. The molecule has 0 radical (unpaired) electrons. The van der Waals surface area contributed by atoms with E-state index in [2.05, 4.69) is 10.1 Å². The van der Waals surface area contributed by atoms with Crippen molar-refractivity contribution in [1.82, 2.24) is 15.1 Å². The van der Waals surface area contributed by atoms with Crippen LogP contribution in [0.1, 0.15) is 13.4 Å². The van der Waals surface area contributed by atoms with Crippen molar-refractivity contribution in [3.05, 3.63) is 29.8 Å². The van der Waals surface area contributed by atoms with Crippen LogP contribution in [0.25, 0.3) is 0 Å². The van der Waals surface area contributed by atoms with Crippen molar-refractivity contribution >= 4 is 11.9 Å². The van der Waals surface area contributed by atoms with Crippen LogP contribution in [0.4, 0.5) is 18.0 Å². The molecule has 0 spiro atoms. The molecule has 11 heteroatoms. The van der Waals surface area contributed by atoms with Gasteiger partial charge in [0.25, 0.3) is 0 Å². The number of benzene rings is 1. The molecule has 4 rings (SSSR count). The molecular weight excluding hydrogens is 407 g/mol. The molecule has 3 aliphatic rings. The van der Waals surface area contributed by atoms with Gasteiger partial charge in [-0.1, -0.05) is 12.1 Å². The van der Waals surface area contributed by atoms with Gasteiger partial charge in [0.15, 0.2) is 0 Å². The Hall–Kier alpha value is -2.53. The molecular formula is C19H24F3N3O5. The van der Waals surface area contributed by atoms with E-state index in [0.717, 1.165) is 0 Å². The maximum absolute atomic E-state index is 12.6. The van der Waals surface area contributed by atoms with Crippen LogP contribution in [0.5, 0.6) is 5.75 Å². The third kappa shape index (κ3) is 4.96. The average molecular weight is 431 g/mol. The summed E-state index contributed by atoms with van der Waals surface area (Å²) in [4.78, 5) is 27.5. The second-order valence-electron chi connectivity index (χ2n) is 7.57. The number of carbonyl (C=O) groups excluding carboxylic acids is 2. The minimum Gasteiger partial charge on any atom is -0.406 e. The van der Waals surface area contributed by atoms with Crippen molar-refractivity contribution in [2.75, 3.05) is 32.8 Å². The van der Waals surface area contributed by atoms with Crippen molar-refractivity contribution in [2.45, 2.75) is 37.6 Å². The number of hydrogen-bond donors (Lipinski definition) is 1. The van der Waals surface area contributed by atoms with Crippen LogP contribution in [0, 0.1) is 0 Å². The highest BCUT2D eigenvalue weighted by Gasteiger charge is 2.40. The lowest BCUT2D eigenvalue weighted by atomic mass is 10.0. The van der Waals surface area contributed by atoms with Crippen LogP contribution in [0.15, 0.2) is 24.3 Å². The quantitative estimate of drug-likeness (QED) is 0.786. The fraction of sp³-hybridized carbons (Fsp3) is 0.579. The lowest BCUT2D eigenvalue weighted by Crippen LogP contribution is -2.65. The first-order valence-electron chi connectivity index (χ1n) is 9.68. The van der Waals surface area contributed by atoms with Crippen molar-refractivity contribution in [2.24, 2.45) is 0 Å². The summed E-state index contributed by atoms with van der Waals surface area (Å²) in [5.74, 6) is -0.448. The van der Waals surface area contributed by atoms with Crippen LogP contribution in [-0.2, 0) is 20.9 Å². The molecule has 0 bridgehead atoms. The molecule has 0 unspecified atom stereocenters. The number of likely N-dealkylation sites (tertiary alicyclic amines) is 2. The molecule has 2 atom stereocenters. The standard InChI is InChI=1S/C19H22F3N3O5.H2/c20-19(21,22)30-13-3-1-12(2-4-13)10-28-14-7-25(8-14)18(27)24-6-5-16-15(9-24)23-17(26)11-29-16;/h1-4,14-16H,5-11H2,(H,23,26);1H/t15-,16+;/m1./s1. The summed E-state index contributed by atoms with van der Waals surface area (Å²) in [5.41, 5.74) is 0.712. The van der Waals surface area contributed by atoms with Crippen LogP contribution >= 0.6 is 0 Å². The van der Waals surface area contributed by atoms with Gasteiger partial charge in [-0.25, -0.2) is 4.79 Å². The number of amides is 3. The number of piperidine rings is 1. The highest BCUT2D eigenvalue weighted by atomic mass is 19.4. The van der Waals surface area contributed by atoms with Gasteiger partial charge in [0.1, 0.15) is 12.4 Å². The van der Waals surface area contributed by atoms with Gasteiger partial charge in [0.05, 0.1) is 37.9 Å². The van der Waals surface area contributed by atoms with Crippen molar-refractivity contribution in [3.8, 4) is 5.75 Å². The zero-order chi connectivity index (χ0) is 21.3. The Morgan fingerprint density at radius 2 is 1.93 bits per heavy atom. The van der Waals surface area contributed by atoms with Crippen molar-refractivity contribution in [1.29, 1.82) is 0 Å². The number of morpholine rings is 1. The number of nitrogens with one attached hydrogen (secondary N) is 1. The van der Waals surface area contributed by atoms with Crippen LogP contribution in [0.2, 0.25) is 0 Å². The molecule has 3 amide bonds. The third-order valence-electron chi connectivity index (χ3n) is 5.36. The zero-order valence-corrected chi connectivity index (χ0v) is 16.1. The molecule has 3 fully saturated rings. The van der Waals surface area contributed by atoms with Gasteiger partial charge in [-0.15, -0.1) is 13.2 Å². The summed E-state index contributed by atoms with van der Waals surface area (Å²) in [5, 5.41) is 2.87. The highest BCUT2D eigenvalue weighted by Crippen LogP contribution is 2.24. The number of rotatable bonds is 4. The third-order valence-corrected chi connectivity index (χ3v) is 5.36. The SMILES string of the molecule is O=C1CO[C@H]2CCN(C(=O)N3CC(OCc4ccc(OC(F)(F)F)cc4)C3)C[C@H]2N1.[HH]. The topological polar surface area (TPSA) is 80.3 Å². The van der Waals surface area contributed by atoms with Crippen molar-refractivity contribution in [3.63, 3.8) is 0 Å². The molecule has 3 aliphatic heterocycles.